The number of carbonyl (C=O) groups excluding carboxylic acids is 1. The first-order valence-electron chi connectivity index (χ1n) is 8.61. The van der Waals surface area contributed by atoms with E-state index in [9.17, 15) is 18.0 Å². The van der Waals surface area contributed by atoms with Crippen LogP contribution in [0, 0.1) is 0 Å². The van der Waals surface area contributed by atoms with Crippen molar-refractivity contribution in [1.29, 1.82) is 0 Å². The molecule has 1 saturated heterocycles. The highest BCUT2D eigenvalue weighted by Crippen LogP contribution is 2.30. The van der Waals surface area contributed by atoms with E-state index in [4.69, 9.17) is 4.74 Å². The van der Waals surface area contributed by atoms with E-state index in [1.807, 2.05) is 43.3 Å². The fraction of sp³-hybridized carbons (Fsp3) is 0.350. The van der Waals surface area contributed by atoms with Gasteiger partial charge in [0.2, 0.25) is 0 Å². The molecular formula is C20H21F3N2O2. The molecular weight excluding hydrogens is 357 g/mol. The number of morpholine rings is 1. The summed E-state index contributed by atoms with van der Waals surface area (Å²) in [6, 6.07) is 12.2. The van der Waals surface area contributed by atoms with Crippen molar-refractivity contribution in [2.75, 3.05) is 38.7 Å². The average Bonchev–Trinajstić information content (AvgIpc) is 2.67. The maximum absolute atomic E-state index is 12.7. The summed E-state index contributed by atoms with van der Waals surface area (Å²) in [6.07, 6.45) is -4.67. The first-order chi connectivity index (χ1) is 12.8. The van der Waals surface area contributed by atoms with Crippen molar-refractivity contribution in [3.8, 4) is 0 Å². The van der Waals surface area contributed by atoms with Gasteiger partial charge in [-0.2, -0.15) is 13.2 Å². The van der Waals surface area contributed by atoms with E-state index in [-0.39, 0.29) is 17.6 Å². The molecule has 4 nitrogen and oxygen atoms in total. The zero-order valence-corrected chi connectivity index (χ0v) is 15.2. The molecule has 2 aromatic carbocycles. The number of halogens is 3. The predicted octanol–water partition coefficient (Wildman–Crippen LogP) is 3.99. The minimum Gasteiger partial charge on any atom is -0.378 e. The van der Waals surface area contributed by atoms with Gasteiger partial charge in [0, 0.05) is 31.9 Å². The van der Waals surface area contributed by atoms with Gasteiger partial charge in [0.15, 0.2) is 0 Å². The number of anilines is 1. The summed E-state index contributed by atoms with van der Waals surface area (Å²) < 4.78 is 43.8. The lowest BCUT2D eigenvalue weighted by Gasteiger charge is -2.33. The monoisotopic (exact) mass is 378 g/mol. The SMILES string of the molecule is CN(C)c1ccc(C2CN(C(=O)c3ccc(C(F)(F)F)cc3)CCO2)cc1. The van der Waals surface area contributed by atoms with Gasteiger partial charge in [-0.3, -0.25) is 4.79 Å². The molecule has 0 aliphatic carbocycles. The number of carbonyl (C=O) groups is 1. The van der Waals surface area contributed by atoms with Crippen LogP contribution in [0.3, 0.4) is 0 Å². The Morgan fingerprint density at radius 1 is 1.07 bits per heavy atom. The lowest BCUT2D eigenvalue weighted by Crippen LogP contribution is -2.42. The number of rotatable bonds is 3. The van der Waals surface area contributed by atoms with Crippen LogP contribution in [0.5, 0.6) is 0 Å². The second-order valence-corrected chi connectivity index (χ2v) is 6.67. The molecule has 1 fully saturated rings. The Labute approximate surface area is 156 Å². The van der Waals surface area contributed by atoms with E-state index in [0.717, 1.165) is 23.4 Å². The summed E-state index contributed by atoms with van der Waals surface area (Å²) in [5, 5.41) is 0. The zero-order chi connectivity index (χ0) is 19.6. The Balaban J connectivity index is 1.71. The molecule has 3 rings (SSSR count). The average molecular weight is 378 g/mol. The van der Waals surface area contributed by atoms with Gasteiger partial charge >= 0.3 is 6.18 Å². The van der Waals surface area contributed by atoms with E-state index >= 15 is 0 Å². The molecule has 0 saturated carbocycles. The summed E-state index contributed by atoms with van der Waals surface area (Å²) in [5.74, 6) is -0.290. The van der Waals surface area contributed by atoms with Crippen LogP contribution >= 0.6 is 0 Å². The van der Waals surface area contributed by atoms with Gasteiger partial charge < -0.3 is 14.5 Å². The van der Waals surface area contributed by atoms with Gasteiger partial charge in [0.1, 0.15) is 6.10 Å². The Morgan fingerprint density at radius 2 is 1.70 bits per heavy atom. The zero-order valence-electron chi connectivity index (χ0n) is 15.2. The van der Waals surface area contributed by atoms with Crippen LogP contribution < -0.4 is 4.90 Å². The second-order valence-electron chi connectivity index (χ2n) is 6.67. The molecule has 7 heteroatoms. The van der Waals surface area contributed by atoms with Crippen LogP contribution in [-0.2, 0) is 10.9 Å². The van der Waals surface area contributed by atoms with Gasteiger partial charge in [-0.1, -0.05) is 12.1 Å². The smallest absolute Gasteiger partial charge is 0.378 e. The van der Waals surface area contributed by atoms with Gasteiger partial charge in [-0.15, -0.1) is 0 Å². The van der Waals surface area contributed by atoms with Crippen LogP contribution in [0.25, 0.3) is 0 Å². The Kier molecular flexibility index (Phi) is 5.41. The summed E-state index contributed by atoms with van der Waals surface area (Å²) in [6.45, 7) is 1.15. The van der Waals surface area contributed by atoms with E-state index in [0.29, 0.717) is 19.7 Å². The molecule has 1 amide bonds. The van der Waals surface area contributed by atoms with Crippen LogP contribution in [0.1, 0.15) is 27.6 Å². The number of ether oxygens (including phenoxy) is 1. The molecule has 1 unspecified atom stereocenters. The lowest BCUT2D eigenvalue weighted by molar-refractivity contribution is -0.137. The van der Waals surface area contributed by atoms with E-state index in [2.05, 4.69) is 0 Å². The molecule has 1 aliphatic heterocycles. The molecule has 0 aromatic heterocycles. The topological polar surface area (TPSA) is 32.8 Å². The number of hydrogen-bond acceptors (Lipinski definition) is 3. The predicted molar refractivity (Wildman–Crippen MR) is 96.8 cm³/mol. The molecule has 1 heterocycles. The van der Waals surface area contributed by atoms with Crippen molar-refractivity contribution in [2.24, 2.45) is 0 Å². The first-order valence-corrected chi connectivity index (χ1v) is 8.61. The molecule has 1 aliphatic rings. The van der Waals surface area contributed by atoms with Crippen molar-refractivity contribution in [3.05, 3.63) is 65.2 Å². The van der Waals surface area contributed by atoms with Gasteiger partial charge in [0.05, 0.1) is 18.7 Å². The van der Waals surface area contributed by atoms with Gasteiger partial charge in [0.25, 0.3) is 5.91 Å². The largest absolute Gasteiger partial charge is 0.416 e. The Morgan fingerprint density at radius 3 is 2.26 bits per heavy atom. The highest BCUT2D eigenvalue weighted by molar-refractivity contribution is 5.94. The van der Waals surface area contributed by atoms with Crippen molar-refractivity contribution in [2.45, 2.75) is 12.3 Å². The number of benzene rings is 2. The van der Waals surface area contributed by atoms with Crippen molar-refractivity contribution in [3.63, 3.8) is 0 Å². The molecule has 1 atom stereocenters. The fourth-order valence-corrected chi connectivity index (χ4v) is 3.01. The summed E-state index contributed by atoms with van der Waals surface area (Å²) >= 11 is 0. The van der Waals surface area contributed by atoms with E-state index in [1.54, 1.807) is 4.90 Å². The van der Waals surface area contributed by atoms with Crippen LogP contribution in [0.15, 0.2) is 48.5 Å². The van der Waals surface area contributed by atoms with Gasteiger partial charge in [-0.25, -0.2) is 0 Å². The fourth-order valence-electron chi connectivity index (χ4n) is 3.01. The molecule has 144 valence electrons. The first kappa shape index (κ1) is 19.2. The Hall–Kier alpha value is -2.54. The second kappa shape index (κ2) is 7.60. The molecule has 0 N–H and O–H groups in total. The van der Waals surface area contributed by atoms with Crippen LogP contribution in [0.4, 0.5) is 18.9 Å². The van der Waals surface area contributed by atoms with Crippen molar-refractivity contribution in [1.82, 2.24) is 4.90 Å². The standard InChI is InChI=1S/C20H21F3N2O2/c1-24(2)17-9-5-14(6-10-17)18-13-25(11-12-27-18)19(26)15-3-7-16(8-4-15)20(21,22)23/h3-10,18H,11-13H2,1-2H3. The minimum absolute atomic E-state index is 0.242. The summed E-state index contributed by atoms with van der Waals surface area (Å²) in [5.41, 5.74) is 1.50. The third-order valence-electron chi connectivity index (χ3n) is 4.59. The maximum Gasteiger partial charge on any atom is 0.416 e. The van der Waals surface area contributed by atoms with Crippen molar-refractivity contribution >= 4 is 11.6 Å². The molecule has 0 spiro atoms. The van der Waals surface area contributed by atoms with E-state index < -0.39 is 11.7 Å². The highest BCUT2D eigenvalue weighted by atomic mass is 19.4. The number of hydrogen-bond donors (Lipinski definition) is 0. The lowest BCUT2D eigenvalue weighted by atomic mass is 10.1. The summed E-state index contributed by atoms with van der Waals surface area (Å²) in [7, 11) is 3.91. The quantitative estimate of drug-likeness (QED) is 0.810. The van der Waals surface area contributed by atoms with Crippen LogP contribution in [0.2, 0.25) is 0 Å². The van der Waals surface area contributed by atoms with Gasteiger partial charge in [-0.05, 0) is 42.0 Å². The van der Waals surface area contributed by atoms with Crippen molar-refractivity contribution < 1.29 is 22.7 Å². The highest BCUT2D eigenvalue weighted by Gasteiger charge is 2.31. The van der Waals surface area contributed by atoms with Crippen LogP contribution in [-0.4, -0.2) is 44.6 Å². The normalized spacial score (nSPS) is 17.7. The third-order valence-corrected chi connectivity index (χ3v) is 4.59. The minimum atomic E-state index is -4.41. The molecule has 2 aromatic rings. The Bertz CT molecular complexity index is 786. The number of amides is 1. The van der Waals surface area contributed by atoms with E-state index in [1.165, 1.54) is 12.1 Å². The number of nitrogens with zero attached hydrogens (tertiary/aromatic N) is 2. The molecule has 0 radical (unpaired) electrons. The maximum atomic E-state index is 12.7. The molecule has 27 heavy (non-hydrogen) atoms. The summed E-state index contributed by atoms with van der Waals surface area (Å²) in [4.78, 5) is 16.3. The third kappa shape index (κ3) is 4.42. The molecule has 0 bridgehead atoms. The number of alkyl halides is 3.